The molecule has 0 N–H and O–H groups in total. The number of hydrogen-bond donors (Lipinski definition) is 0. The van der Waals surface area contributed by atoms with Gasteiger partial charge >= 0.3 is 0 Å². The van der Waals surface area contributed by atoms with Gasteiger partial charge in [0.05, 0.1) is 12.7 Å². The largest absolute Gasteiger partial charge is 0.377 e. The molecule has 2 aromatic carbocycles. The Kier molecular flexibility index (Phi) is 3.39. The summed E-state index contributed by atoms with van der Waals surface area (Å²) >= 11 is 0. The van der Waals surface area contributed by atoms with Gasteiger partial charge in [-0.1, -0.05) is 67.6 Å². The predicted octanol–water partition coefficient (Wildman–Crippen LogP) is 3.98. The lowest BCUT2D eigenvalue weighted by Gasteiger charge is -2.22. The molecule has 0 spiro atoms. The van der Waals surface area contributed by atoms with Gasteiger partial charge in [0.25, 0.3) is 0 Å². The molecule has 0 bridgehead atoms. The van der Waals surface area contributed by atoms with Gasteiger partial charge in [0.1, 0.15) is 0 Å². The molecule has 3 rings (SSSR count). The molecular weight excluding hydrogens is 232 g/mol. The first kappa shape index (κ1) is 12.4. The highest BCUT2D eigenvalue weighted by Crippen LogP contribution is 2.36. The Hall–Kier alpha value is -1.60. The molecule has 1 aliphatic heterocycles. The van der Waals surface area contributed by atoms with Gasteiger partial charge in [-0.2, -0.15) is 0 Å². The van der Waals surface area contributed by atoms with Gasteiger partial charge in [0.2, 0.25) is 0 Å². The average molecular weight is 252 g/mol. The van der Waals surface area contributed by atoms with Crippen LogP contribution in [0, 0.1) is 0 Å². The van der Waals surface area contributed by atoms with Gasteiger partial charge < -0.3 is 4.74 Å². The van der Waals surface area contributed by atoms with E-state index in [1.165, 1.54) is 11.1 Å². The van der Waals surface area contributed by atoms with Gasteiger partial charge in [-0.3, -0.25) is 0 Å². The zero-order chi connectivity index (χ0) is 13.1. The molecule has 1 fully saturated rings. The van der Waals surface area contributed by atoms with Crippen LogP contribution in [0.1, 0.15) is 24.5 Å². The maximum Gasteiger partial charge on any atom is 0.0625 e. The molecule has 1 aliphatic rings. The van der Waals surface area contributed by atoms with Crippen molar-refractivity contribution in [1.82, 2.24) is 0 Å². The molecule has 2 aromatic rings. The summed E-state index contributed by atoms with van der Waals surface area (Å²) in [5, 5.41) is 0. The summed E-state index contributed by atoms with van der Waals surface area (Å²) in [5.41, 5.74) is 2.93. The van der Waals surface area contributed by atoms with Crippen molar-refractivity contribution in [3.8, 4) is 0 Å². The lowest BCUT2D eigenvalue weighted by atomic mass is 9.80. The summed E-state index contributed by atoms with van der Waals surface area (Å²) in [7, 11) is 0. The third-order valence-electron chi connectivity index (χ3n) is 4.09. The molecule has 0 aliphatic carbocycles. The second-order valence-corrected chi connectivity index (χ2v) is 5.75. The Morgan fingerprint density at radius 3 is 2.32 bits per heavy atom. The Morgan fingerprint density at radius 2 is 1.63 bits per heavy atom. The molecule has 1 saturated heterocycles. The van der Waals surface area contributed by atoms with Crippen LogP contribution < -0.4 is 0 Å². The first-order valence-electron chi connectivity index (χ1n) is 6.97. The van der Waals surface area contributed by atoms with Gasteiger partial charge in [-0.05, 0) is 24.0 Å². The summed E-state index contributed by atoms with van der Waals surface area (Å²) in [5.74, 6) is 0. The third kappa shape index (κ3) is 2.71. The molecule has 0 amide bonds. The summed E-state index contributed by atoms with van der Waals surface area (Å²) in [6.07, 6.45) is 2.46. The van der Waals surface area contributed by atoms with Crippen LogP contribution in [0.15, 0.2) is 60.7 Å². The number of hydrogen-bond acceptors (Lipinski definition) is 1. The summed E-state index contributed by atoms with van der Waals surface area (Å²) in [4.78, 5) is 0. The molecule has 2 unspecified atom stereocenters. The minimum atomic E-state index is 0.167. The highest BCUT2D eigenvalue weighted by Gasteiger charge is 2.37. The van der Waals surface area contributed by atoms with Gasteiger partial charge in [0, 0.05) is 5.41 Å². The van der Waals surface area contributed by atoms with Crippen molar-refractivity contribution >= 4 is 0 Å². The SMILES string of the molecule is CC1(c2ccccc2)COC(Cc2ccccc2)C1. The van der Waals surface area contributed by atoms with Crippen LogP contribution >= 0.6 is 0 Å². The van der Waals surface area contributed by atoms with Crippen LogP contribution in [0.2, 0.25) is 0 Å². The monoisotopic (exact) mass is 252 g/mol. The fraction of sp³-hybridized carbons (Fsp3) is 0.333. The third-order valence-corrected chi connectivity index (χ3v) is 4.09. The molecule has 2 atom stereocenters. The normalized spacial score (nSPS) is 26.5. The Labute approximate surface area is 115 Å². The van der Waals surface area contributed by atoms with Gasteiger partial charge in [-0.25, -0.2) is 0 Å². The van der Waals surface area contributed by atoms with Crippen molar-refractivity contribution in [2.75, 3.05) is 6.61 Å². The second-order valence-electron chi connectivity index (χ2n) is 5.75. The molecule has 19 heavy (non-hydrogen) atoms. The quantitative estimate of drug-likeness (QED) is 0.803. The van der Waals surface area contributed by atoms with Crippen LogP contribution in [0.4, 0.5) is 0 Å². The van der Waals surface area contributed by atoms with Gasteiger partial charge in [-0.15, -0.1) is 0 Å². The Balaban J connectivity index is 1.70. The lowest BCUT2D eigenvalue weighted by Crippen LogP contribution is -2.22. The zero-order valence-corrected chi connectivity index (χ0v) is 11.4. The van der Waals surface area contributed by atoms with E-state index < -0.39 is 0 Å². The first-order valence-corrected chi connectivity index (χ1v) is 6.97. The Bertz CT molecular complexity index is 520. The van der Waals surface area contributed by atoms with Crippen molar-refractivity contribution < 1.29 is 4.74 Å². The van der Waals surface area contributed by atoms with Crippen LogP contribution in [-0.4, -0.2) is 12.7 Å². The topological polar surface area (TPSA) is 9.23 Å². The smallest absolute Gasteiger partial charge is 0.0625 e. The van der Waals surface area contributed by atoms with Crippen LogP contribution in [0.25, 0.3) is 0 Å². The minimum absolute atomic E-state index is 0.167. The molecular formula is C18H20O. The van der Waals surface area contributed by atoms with E-state index in [1.807, 2.05) is 0 Å². The predicted molar refractivity (Wildman–Crippen MR) is 78.3 cm³/mol. The van der Waals surface area contributed by atoms with Crippen molar-refractivity contribution in [2.45, 2.75) is 31.3 Å². The van der Waals surface area contributed by atoms with Crippen molar-refractivity contribution in [3.63, 3.8) is 0 Å². The number of rotatable bonds is 3. The van der Waals surface area contributed by atoms with E-state index >= 15 is 0 Å². The summed E-state index contributed by atoms with van der Waals surface area (Å²) < 4.78 is 6.03. The van der Waals surface area contributed by atoms with Crippen LogP contribution in [0.5, 0.6) is 0 Å². The van der Waals surface area contributed by atoms with E-state index in [0.29, 0.717) is 6.10 Å². The molecule has 1 nitrogen and oxygen atoms in total. The Morgan fingerprint density at radius 1 is 1.00 bits per heavy atom. The van der Waals surface area contributed by atoms with Crippen LogP contribution in [-0.2, 0) is 16.6 Å². The maximum absolute atomic E-state index is 6.03. The minimum Gasteiger partial charge on any atom is -0.377 e. The molecule has 0 saturated carbocycles. The van der Waals surface area contributed by atoms with Crippen molar-refractivity contribution in [1.29, 1.82) is 0 Å². The number of ether oxygens (including phenoxy) is 1. The molecule has 1 heterocycles. The van der Waals surface area contributed by atoms with Gasteiger partial charge in [0.15, 0.2) is 0 Å². The van der Waals surface area contributed by atoms with E-state index in [4.69, 9.17) is 4.74 Å². The highest BCUT2D eigenvalue weighted by atomic mass is 16.5. The average Bonchev–Trinajstić information content (AvgIpc) is 2.84. The van der Waals surface area contributed by atoms with E-state index in [0.717, 1.165) is 19.4 Å². The standard InChI is InChI=1S/C18H20O/c1-18(16-10-6-3-7-11-16)13-17(19-14-18)12-15-8-4-2-5-9-15/h2-11,17H,12-14H2,1H3. The van der Waals surface area contributed by atoms with E-state index in [1.54, 1.807) is 0 Å². The number of benzene rings is 2. The second kappa shape index (κ2) is 5.18. The summed E-state index contributed by atoms with van der Waals surface area (Å²) in [6, 6.07) is 21.4. The first-order chi connectivity index (χ1) is 9.26. The zero-order valence-electron chi connectivity index (χ0n) is 11.4. The molecule has 1 heteroatoms. The maximum atomic E-state index is 6.03. The van der Waals surface area contributed by atoms with E-state index in [2.05, 4.69) is 67.6 Å². The lowest BCUT2D eigenvalue weighted by molar-refractivity contribution is 0.105. The summed E-state index contributed by atoms with van der Waals surface area (Å²) in [6.45, 7) is 3.14. The van der Waals surface area contributed by atoms with E-state index in [9.17, 15) is 0 Å². The van der Waals surface area contributed by atoms with E-state index in [-0.39, 0.29) is 5.41 Å². The molecule has 98 valence electrons. The molecule has 0 radical (unpaired) electrons. The fourth-order valence-electron chi connectivity index (χ4n) is 2.97. The van der Waals surface area contributed by atoms with Crippen molar-refractivity contribution in [2.24, 2.45) is 0 Å². The fourth-order valence-corrected chi connectivity index (χ4v) is 2.97. The van der Waals surface area contributed by atoms with Crippen LogP contribution in [0.3, 0.4) is 0 Å². The highest BCUT2D eigenvalue weighted by molar-refractivity contribution is 5.26. The van der Waals surface area contributed by atoms with Crippen molar-refractivity contribution in [3.05, 3.63) is 71.8 Å². The molecule has 0 aromatic heterocycles.